The van der Waals surface area contributed by atoms with Crippen molar-refractivity contribution < 1.29 is 14.7 Å². The van der Waals surface area contributed by atoms with Gasteiger partial charge in [0.1, 0.15) is 6.04 Å². The molecule has 2 aromatic rings. The zero-order valence-electron chi connectivity index (χ0n) is 13.0. The number of carbonyl (C=O) groups excluding carboxylic acids is 1. The molecule has 1 atom stereocenters. The smallest absolute Gasteiger partial charge is 0.326 e. The lowest BCUT2D eigenvalue weighted by atomic mass is 10.0. The fraction of sp³-hybridized carbons (Fsp3) is 0.438. The van der Waals surface area contributed by atoms with Crippen LogP contribution in [0.2, 0.25) is 0 Å². The summed E-state index contributed by atoms with van der Waals surface area (Å²) in [5.41, 5.74) is 0.906. The van der Waals surface area contributed by atoms with E-state index in [-0.39, 0.29) is 18.2 Å². The number of aliphatic carboxylic acids is 1. The van der Waals surface area contributed by atoms with Crippen molar-refractivity contribution in [3.63, 3.8) is 0 Å². The molecule has 124 valence electrons. The van der Waals surface area contributed by atoms with E-state index < -0.39 is 12.0 Å². The van der Waals surface area contributed by atoms with Crippen LogP contribution in [0.1, 0.15) is 31.7 Å². The predicted octanol–water partition coefficient (Wildman–Crippen LogP) is 3.61. The van der Waals surface area contributed by atoms with Crippen molar-refractivity contribution in [3.05, 3.63) is 27.7 Å². The van der Waals surface area contributed by atoms with Crippen molar-refractivity contribution in [3.8, 4) is 0 Å². The molecule has 0 radical (unpaired) electrons. The van der Waals surface area contributed by atoms with E-state index in [0.717, 1.165) is 19.7 Å². The molecule has 2 rings (SSSR count). The van der Waals surface area contributed by atoms with Crippen LogP contribution in [-0.4, -0.2) is 28.0 Å². The number of hydrogen-bond acceptors (Lipinski definition) is 4. The van der Waals surface area contributed by atoms with Gasteiger partial charge in [-0.1, -0.05) is 29.8 Å². The highest BCUT2D eigenvalue weighted by atomic mass is 79.9. The molecular weight excluding hydrogens is 380 g/mol. The third kappa shape index (κ3) is 5.28. The average molecular weight is 399 g/mol. The lowest BCUT2D eigenvalue weighted by Gasteiger charge is -2.16. The summed E-state index contributed by atoms with van der Waals surface area (Å²) in [5.74, 6) is -1.03. The molecule has 0 fully saturated rings. The predicted molar refractivity (Wildman–Crippen MR) is 94.7 cm³/mol. The molecule has 1 heterocycles. The summed E-state index contributed by atoms with van der Waals surface area (Å²) in [5, 5.41) is 12.6. The summed E-state index contributed by atoms with van der Waals surface area (Å²) in [6, 6.07) is 5.07. The summed E-state index contributed by atoms with van der Waals surface area (Å²) in [4.78, 5) is 27.6. The summed E-state index contributed by atoms with van der Waals surface area (Å²) >= 11 is 4.96. The second-order valence-corrected chi connectivity index (χ2v) is 7.84. The summed E-state index contributed by atoms with van der Waals surface area (Å²) < 4.78 is 2.05. The highest BCUT2D eigenvalue weighted by Gasteiger charge is 2.21. The van der Waals surface area contributed by atoms with Crippen LogP contribution in [0.15, 0.2) is 22.7 Å². The van der Waals surface area contributed by atoms with Gasteiger partial charge in [-0.05, 0) is 30.5 Å². The Morgan fingerprint density at radius 2 is 2.13 bits per heavy atom. The third-order valence-corrected chi connectivity index (χ3v) is 4.89. The number of hydrogen-bond donors (Lipinski definition) is 2. The van der Waals surface area contributed by atoms with Crippen molar-refractivity contribution in [1.82, 2.24) is 10.3 Å². The van der Waals surface area contributed by atoms with Gasteiger partial charge in [0.15, 0.2) is 0 Å². The number of thiazole rings is 1. The monoisotopic (exact) mass is 398 g/mol. The van der Waals surface area contributed by atoms with Gasteiger partial charge in [0, 0.05) is 17.3 Å². The van der Waals surface area contributed by atoms with Gasteiger partial charge < -0.3 is 10.4 Å². The minimum Gasteiger partial charge on any atom is -0.480 e. The number of carboxylic acid groups (broad SMARTS) is 1. The number of carboxylic acids is 1. The molecular formula is C16H19BrN2O3S. The second kappa shape index (κ2) is 7.88. The molecule has 0 spiro atoms. The fourth-order valence-corrected chi connectivity index (χ4v) is 3.53. The number of benzene rings is 1. The first-order valence-corrected chi connectivity index (χ1v) is 9.03. The molecule has 1 aromatic heterocycles. The van der Waals surface area contributed by atoms with E-state index in [4.69, 9.17) is 5.11 Å². The minimum atomic E-state index is -0.989. The van der Waals surface area contributed by atoms with Crippen LogP contribution < -0.4 is 5.32 Å². The molecule has 1 aromatic carbocycles. The van der Waals surface area contributed by atoms with Crippen molar-refractivity contribution >= 4 is 49.4 Å². The van der Waals surface area contributed by atoms with Gasteiger partial charge in [-0.2, -0.15) is 0 Å². The van der Waals surface area contributed by atoms with Crippen molar-refractivity contribution in [2.45, 2.75) is 39.2 Å². The van der Waals surface area contributed by atoms with E-state index in [2.05, 4.69) is 26.2 Å². The highest BCUT2D eigenvalue weighted by Crippen LogP contribution is 2.25. The Labute approximate surface area is 147 Å². The molecule has 5 nitrogen and oxygen atoms in total. The largest absolute Gasteiger partial charge is 0.480 e. The Morgan fingerprint density at radius 1 is 1.39 bits per heavy atom. The molecule has 7 heteroatoms. The van der Waals surface area contributed by atoms with Crippen LogP contribution in [0.5, 0.6) is 0 Å². The Kier molecular flexibility index (Phi) is 6.12. The van der Waals surface area contributed by atoms with Crippen LogP contribution in [0.4, 0.5) is 0 Å². The number of nitrogens with zero attached hydrogens (tertiary/aromatic N) is 1. The van der Waals surface area contributed by atoms with Crippen molar-refractivity contribution in [1.29, 1.82) is 0 Å². The number of rotatable bonds is 7. The maximum absolute atomic E-state index is 12.0. The van der Waals surface area contributed by atoms with Crippen LogP contribution in [0.3, 0.4) is 0 Å². The van der Waals surface area contributed by atoms with Crippen LogP contribution >= 0.6 is 27.3 Å². The Morgan fingerprint density at radius 3 is 2.78 bits per heavy atom. The average Bonchev–Trinajstić information content (AvgIpc) is 2.85. The maximum Gasteiger partial charge on any atom is 0.326 e. The number of amides is 1. The number of fused-ring (bicyclic) bond motifs is 1. The van der Waals surface area contributed by atoms with Gasteiger partial charge in [-0.3, -0.25) is 4.79 Å². The molecule has 1 amide bonds. The van der Waals surface area contributed by atoms with E-state index in [9.17, 15) is 9.59 Å². The van der Waals surface area contributed by atoms with Crippen molar-refractivity contribution in [2.24, 2.45) is 5.92 Å². The number of halogens is 1. The normalized spacial score (nSPS) is 12.5. The van der Waals surface area contributed by atoms with Crippen LogP contribution in [-0.2, 0) is 16.0 Å². The molecule has 0 saturated carbocycles. The van der Waals surface area contributed by atoms with Gasteiger partial charge in [0.2, 0.25) is 5.91 Å². The van der Waals surface area contributed by atoms with Gasteiger partial charge in [-0.25, -0.2) is 9.78 Å². The van der Waals surface area contributed by atoms with Gasteiger partial charge in [0.25, 0.3) is 0 Å². The first-order chi connectivity index (χ1) is 10.8. The molecule has 0 aliphatic rings. The van der Waals surface area contributed by atoms with Gasteiger partial charge >= 0.3 is 5.97 Å². The molecule has 23 heavy (non-hydrogen) atoms. The standard InChI is InChI=1S/C16H19BrN2O3S/c1-9(2)7-12(16(21)22)18-14(20)5-6-15-19-11-8-10(17)3-4-13(11)23-15/h3-4,8-9,12H,5-7H2,1-2H3,(H,18,20)(H,21,22)/t12-/m0/s1. The SMILES string of the molecule is CC(C)C[C@H](NC(=O)CCc1nc2cc(Br)ccc2s1)C(=O)O. The van der Waals surface area contributed by atoms with E-state index in [1.807, 2.05) is 32.0 Å². The molecule has 2 N–H and O–H groups in total. The number of nitrogens with one attached hydrogen (secondary N) is 1. The zero-order chi connectivity index (χ0) is 17.0. The molecule has 0 bridgehead atoms. The highest BCUT2D eigenvalue weighted by molar-refractivity contribution is 9.10. The van der Waals surface area contributed by atoms with E-state index >= 15 is 0 Å². The molecule has 0 unspecified atom stereocenters. The van der Waals surface area contributed by atoms with Gasteiger partial charge in [-0.15, -0.1) is 11.3 Å². The summed E-state index contributed by atoms with van der Waals surface area (Å²) in [7, 11) is 0. The van der Waals surface area contributed by atoms with Crippen LogP contribution in [0, 0.1) is 5.92 Å². The number of aryl methyl sites for hydroxylation is 1. The Hall–Kier alpha value is -1.47. The zero-order valence-corrected chi connectivity index (χ0v) is 15.4. The molecule has 0 saturated heterocycles. The first-order valence-electron chi connectivity index (χ1n) is 7.42. The number of carbonyl (C=O) groups is 2. The summed E-state index contributed by atoms with van der Waals surface area (Å²) in [6.07, 6.45) is 1.18. The van der Waals surface area contributed by atoms with Gasteiger partial charge in [0.05, 0.1) is 15.2 Å². The molecule has 0 aliphatic carbocycles. The van der Waals surface area contributed by atoms with E-state index in [0.29, 0.717) is 12.8 Å². The van der Waals surface area contributed by atoms with E-state index in [1.54, 1.807) is 11.3 Å². The number of aromatic nitrogens is 1. The Bertz CT molecular complexity index is 714. The second-order valence-electron chi connectivity index (χ2n) is 5.81. The topological polar surface area (TPSA) is 79.3 Å². The first kappa shape index (κ1) is 17.9. The van der Waals surface area contributed by atoms with E-state index in [1.165, 1.54) is 0 Å². The minimum absolute atomic E-state index is 0.208. The fourth-order valence-electron chi connectivity index (χ4n) is 2.24. The summed E-state index contributed by atoms with van der Waals surface area (Å²) in [6.45, 7) is 3.86. The van der Waals surface area contributed by atoms with Crippen LogP contribution in [0.25, 0.3) is 10.2 Å². The lowest BCUT2D eigenvalue weighted by molar-refractivity contribution is -0.142. The lowest BCUT2D eigenvalue weighted by Crippen LogP contribution is -2.41. The maximum atomic E-state index is 12.0. The van der Waals surface area contributed by atoms with Crippen molar-refractivity contribution in [2.75, 3.05) is 0 Å². The Balaban J connectivity index is 1.93. The quantitative estimate of drug-likeness (QED) is 0.746. The third-order valence-electron chi connectivity index (χ3n) is 3.30. The molecule has 0 aliphatic heterocycles.